The Morgan fingerprint density at radius 1 is 0.900 bits per heavy atom. The fraction of sp³-hybridized carbons (Fsp3) is 1.00. The van der Waals surface area contributed by atoms with Gasteiger partial charge in [0.25, 0.3) is 0 Å². The molecule has 3 fully saturated rings. The van der Waals surface area contributed by atoms with Gasteiger partial charge in [-0.05, 0) is 57.7 Å². The van der Waals surface area contributed by atoms with E-state index in [4.69, 9.17) is 0 Å². The molecule has 3 rings (SSSR count). The summed E-state index contributed by atoms with van der Waals surface area (Å²) in [6.07, 6.45) is 10.1. The molecule has 1 N–H and O–H groups in total. The third-order valence-electron chi connectivity index (χ3n) is 5.50. The zero-order chi connectivity index (χ0) is 12.9. The Labute approximate surface area is 130 Å². The number of piperazine rings is 1. The molecule has 0 aromatic heterocycles. The summed E-state index contributed by atoms with van der Waals surface area (Å²) in [5.41, 5.74) is 0. The van der Waals surface area contributed by atoms with Crippen LogP contribution in [-0.2, 0) is 0 Å². The van der Waals surface area contributed by atoms with Gasteiger partial charge >= 0.3 is 0 Å². The molecule has 1 unspecified atom stereocenters. The average Bonchev–Trinajstić information content (AvgIpc) is 3.01. The maximum atomic E-state index is 3.54. The van der Waals surface area contributed by atoms with E-state index in [9.17, 15) is 0 Å². The molecule has 2 saturated heterocycles. The maximum absolute atomic E-state index is 3.54. The Morgan fingerprint density at radius 3 is 2.30 bits per heavy atom. The van der Waals surface area contributed by atoms with Crippen molar-refractivity contribution in [2.75, 3.05) is 45.8 Å². The number of halogens is 1. The second-order valence-corrected chi connectivity index (χ2v) is 6.82. The lowest BCUT2D eigenvalue weighted by Gasteiger charge is -2.38. The van der Waals surface area contributed by atoms with Crippen molar-refractivity contribution >= 4 is 12.4 Å². The monoisotopic (exact) mass is 301 g/mol. The molecule has 3 aliphatic rings. The van der Waals surface area contributed by atoms with Gasteiger partial charge < -0.3 is 10.2 Å². The van der Waals surface area contributed by atoms with Crippen LogP contribution in [0.15, 0.2) is 0 Å². The van der Waals surface area contributed by atoms with E-state index in [0.29, 0.717) is 0 Å². The zero-order valence-electron chi connectivity index (χ0n) is 12.9. The van der Waals surface area contributed by atoms with Gasteiger partial charge in [-0.3, -0.25) is 4.90 Å². The molecule has 0 amide bonds. The number of nitrogens with zero attached hydrogens (tertiary/aromatic N) is 2. The maximum Gasteiger partial charge on any atom is 0.0113 e. The Morgan fingerprint density at radius 2 is 1.65 bits per heavy atom. The molecule has 1 saturated carbocycles. The van der Waals surface area contributed by atoms with E-state index >= 15 is 0 Å². The first-order valence-corrected chi connectivity index (χ1v) is 8.59. The quantitative estimate of drug-likeness (QED) is 0.860. The summed E-state index contributed by atoms with van der Waals surface area (Å²) in [4.78, 5) is 5.48. The fourth-order valence-electron chi connectivity index (χ4n) is 4.16. The molecule has 1 aliphatic carbocycles. The number of rotatable bonds is 4. The lowest BCUT2D eigenvalue weighted by atomic mass is 9.96. The highest BCUT2D eigenvalue weighted by atomic mass is 35.5. The molecule has 4 heteroatoms. The molecule has 0 aromatic rings. The van der Waals surface area contributed by atoms with Crippen molar-refractivity contribution in [2.45, 2.75) is 51.0 Å². The van der Waals surface area contributed by atoms with Crippen LogP contribution in [0.4, 0.5) is 0 Å². The van der Waals surface area contributed by atoms with Crippen molar-refractivity contribution in [3.8, 4) is 0 Å². The van der Waals surface area contributed by atoms with E-state index in [0.717, 1.165) is 12.0 Å². The van der Waals surface area contributed by atoms with E-state index in [1.165, 1.54) is 90.8 Å². The first-order chi connectivity index (χ1) is 9.42. The number of piperidine rings is 1. The van der Waals surface area contributed by atoms with Gasteiger partial charge in [-0.1, -0.05) is 12.8 Å². The van der Waals surface area contributed by atoms with Crippen molar-refractivity contribution in [3.63, 3.8) is 0 Å². The van der Waals surface area contributed by atoms with Gasteiger partial charge in [0.1, 0.15) is 0 Å². The Hall–Kier alpha value is 0.170. The van der Waals surface area contributed by atoms with Gasteiger partial charge in [0.15, 0.2) is 0 Å². The first kappa shape index (κ1) is 16.5. The number of nitrogens with one attached hydrogen (secondary N) is 1. The first-order valence-electron chi connectivity index (χ1n) is 8.59. The van der Waals surface area contributed by atoms with E-state index < -0.39 is 0 Å². The molecule has 0 bridgehead atoms. The zero-order valence-corrected chi connectivity index (χ0v) is 13.7. The van der Waals surface area contributed by atoms with Crippen LogP contribution in [0.2, 0.25) is 0 Å². The summed E-state index contributed by atoms with van der Waals surface area (Å²) < 4.78 is 0. The predicted molar refractivity (Wildman–Crippen MR) is 87.7 cm³/mol. The summed E-state index contributed by atoms with van der Waals surface area (Å²) in [6, 6.07) is 0.935. The van der Waals surface area contributed by atoms with Gasteiger partial charge in [-0.25, -0.2) is 0 Å². The highest BCUT2D eigenvalue weighted by molar-refractivity contribution is 5.85. The molecule has 118 valence electrons. The van der Waals surface area contributed by atoms with Crippen LogP contribution in [0.3, 0.4) is 0 Å². The van der Waals surface area contributed by atoms with Gasteiger partial charge in [-0.15, -0.1) is 12.4 Å². The molecule has 2 aliphatic heterocycles. The van der Waals surface area contributed by atoms with Crippen molar-refractivity contribution in [1.82, 2.24) is 15.1 Å². The summed E-state index contributed by atoms with van der Waals surface area (Å²) in [5.74, 6) is 0.946. The van der Waals surface area contributed by atoms with Crippen LogP contribution in [-0.4, -0.2) is 61.7 Å². The standard InChI is InChI=1S/C16H31N3.ClH/c1-2-6-16(5-1)19-12-10-18(11-13-19)9-7-15-4-3-8-17-14-15;/h15-17H,1-14H2;1H. The van der Waals surface area contributed by atoms with Gasteiger partial charge in [0.05, 0.1) is 0 Å². The minimum absolute atomic E-state index is 0. The van der Waals surface area contributed by atoms with Crippen molar-refractivity contribution in [1.29, 1.82) is 0 Å². The van der Waals surface area contributed by atoms with Gasteiger partial charge in [-0.2, -0.15) is 0 Å². The van der Waals surface area contributed by atoms with Crippen LogP contribution in [0.5, 0.6) is 0 Å². The second kappa shape index (κ2) is 8.57. The average molecular weight is 302 g/mol. The lowest BCUT2D eigenvalue weighted by molar-refractivity contribution is 0.0929. The minimum Gasteiger partial charge on any atom is -0.316 e. The third kappa shape index (κ3) is 4.59. The molecule has 20 heavy (non-hydrogen) atoms. The number of hydrogen-bond acceptors (Lipinski definition) is 3. The highest BCUT2D eigenvalue weighted by Crippen LogP contribution is 2.24. The summed E-state index contributed by atoms with van der Waals surface area (Å²) in [6.45, 7) is 9.14. The topological polar surface area (TPSA) is 18.5 Å². The highest BCUT2D eigenvalue weighted by Gasteiger charge is 2.26. The van der Waals surface area contributed by atoms with E-state index in [-0.39, 0.29) is 12.4 Å². The van der Waals surface area contributed by atoms with Gasteiger partial charge in [0, 0.05) is 32.2 Å². The van der Waals surface area contributed by atoms with Crippen LogP contribution in [0, 0.1) is 5.92 Å². The molecular weight excluding hydrogens is 270 g/mol. The van der Waals surface area contributed by atoms with Crippen LogP contribution in [0.25, 0.3) is 0 Å². The SMILES string of the molecule is C1CNCC(CCN2CCN(C3CCCC3)CC2)C1.Cl. The van der Waals surface area contributed by atoms with Gasteiger partial charge in [0.2, 0.25) is 0 Å². The summed E-state index contributed by atoms with van der Waals surface area (Å²) in [7, 11) is 0. The van der Waals surface area contributed by atoms with Crippen LogP contribution < -0.4 is 5.32 Å². The fourth-order valence-corrected chi connectivity index (χ4v) is 4.16. The van der Waals surface area contributed by atoms with E-state index in [1.54, 1.807) is 0 Å². The van der Waals surface area contributed by atoms with Crippen molar-refractivity contribution in [3.05, 3.63) is 0 Å². The summed E-state index contributed by atoms with van der Waals surface area (Å²) in [5, 5.41) is 3.54. The normalized spacial score (nSPS) is 30.3. The van der Waals surface area contributed by atoms with Crippen LogP contribution in [0.1, 0.15) is 44.9 Å². The molecule has 0 spiro atoms. The lowest BCUT2D eigenvalue weighted by Crippen LogP contribution is -2.50. The minimum atomic E-state index is 0. The number of hydrogen-bond donors (Lipinski definition) is 1. The molecule has 1 atom stereocenters. The Balaban J connectivity index is 0.00000147. The molecule has 3 nitrogen and oxygen atoms in total. The Kier molecular flexibility index (Phi) is 7.09. The van der Waals surface area contributed by atoms with E-state index in [2.05, 4.69) is 15.1 Å². The van der Waals surface area contributed by atoms with Crippen LogP contribution >= 0.6 is 12.4 Å². The predicted octanol–water partition coefficient (Wildman–Crippen LogP) is 2.36. The summed E-state index contributed by atoms with van der Waals surface area (Å²) >= 11 is 0. The smallest absolute Gasteiger partial charge is 0.0113 e. The molecule has 0 aromatic carbocycles. The molecule has 0 radical (unpaired) electrons. The van der Waals surface area contributed by atoms with Crippen molar-refractivity contribution < 1.29 is 0 Å². The third-order valence-corrected chi connectivity index (χ3v) is 5.50. The molecule has 2 heterocycles. The second-order valence-electron chi connectivity index (χ2n) is 6.82. The Bertz CT molecular complexity index is 254. The van der Waals surface area contributed by atoms with Crippen molar-refractivity contribution in [2.24, 2.45) is 5.92 Å². The molecular formula is C16H32ClN3. The van der Waals surface area contributed by atoms with E-state index in [1.807, 2.05) is 0 Å². The largest absolute Gasteiger partial charge is 0.316 e.